The van der Waals surface area contributed by atoms with Gasteiger partial charge in [-0.1, -0.05) is 42.5 Å². The molecule has 2 heterocycles. The number of fused-ring (bicyclic) bond motifs is 3. The number of hydrogen-bond donors (Lipinski definition) is 3. The number of benzene rings is 2. The Kier molecular flexibility index (Phi) is 2.45. The van der Waals surface area contributed by atoms with E-state index in [4.69, 9.17) is 10.7 Å². The molecule has 0 saturated carbocycles. The summed E-state index contributed by atoms with van der Waals surface area (Å²) in [5.41, 5.74) is 13.4. The first-order valence-electron chi connectivity index (χ1n) is 7.79. The lowest BCUT2D eigenvalue weighted by molar-refractivity contribution is 0.804. The van der Waals surface area contributed by atoms with Crippen molar-refractivity contribution in [3.05, 3.63) is 77.0 Å². The monoisotopic (exact) mass is 300 g/mol. The first-order chi connectivity index (χ1) is 11.3. The number of aromatic amines is 1. The van der Waals surface area contributed by atoms with Gasteiger partial charge in [0.1, 0.15) is 6.04 Å². The number of H-pyrrole nitrogens is 1. The average molecular weight is 300 g/mol. The predicted octanol–water partition coefficient (Wildman–Crippen LogP) is 3.09. The zero-order chi connectivity index (χ0) is 15.4. The average Bonchev–Trinajstić information content (AvgIpc) is 3.16. The normalized spacial score (nSPS) is 19.3. The molecule has 1 atom stereocenters. The van der Waals surface area contributed by atoms with E-state index in [2.05, 4.69) is 59.0 Å². The zero-order valence-electron chi connectivity index (χ0n) is 12.5. The van der Waals surface area contributed by atoms with E-state index in [1.54, 1.807) is 0 Å². The molecule has 1 aliphatic heterocycles. The lowest BCUT2D eigenvalue weighted by atomic mass is 9.95. The number of para-hydroxylation sites is 1. The Hall–Kier alpha value is -3.01. The highest BCUT2D eigenvalue weighted by atomic mass is 15.1. The van der Waals surface area contributed by atoms with E-state index in [1.165, 1.54) is 27.6 Å². The fourth-order valence-electron chi connectivity index (χ4n) is 3.72. The van der Waals surface area contributed by atoms with E-state index in [9.17, 15) is 0 Å². The van der Waals surface area contributed by atoms with Crippen LogP contribution in [0.25, 0.3) is 16.6 Å². The standard InChI is InChI=1S/C19H16N4/c20-19-22-17-12-6-2-1-5-11(12)9-14(17)18(23-19)15-10-21-16-8-4-3-7-13(15)16/h1-8,10,18,21H,9H2,(H3,20,22,23). The largest absolute Gasteiger partial charge is 0.370 e. The Bertz CT molecular complexity index is 993. The molecule has 112 valence electrons. The van der Waals surface area contributed by atoms with Crippen molar-refractivity contribution in [3.8, 4) is 0 Å². The molecule has 2 aliphatic rings. The summed E-state index contributed by atoms with van der Waals surface area (Å²) in [4.78, 5) is 8.05. The summed E-state index contributed by atoms with van der Waals surface area (Å²) in [5, 5.41) is 4.48. The summed E-state index contributed by atoms with van der Waals surface area (Å²) in [6.07, 6.45) is 2.98. The van der Waals surface area contributed by atoms with Crippen molar-refractivity contribution in [1.29, 1.82) is 0 Å². The minimum Gasteiger partial charge on any atom is -0.370 e. The molecule has 0 spiro atoms. The third kappa shape index (κ3) is 1.75. The second-order valence-corrected chi connectivity index (χ2v) is 6.07. The van der Waals surface area contributed by atoms with E-state index in [0.29, 0.717) is 5.96 Å². The molecule has 0 fully saturated rings. The van der Waals surface area contributed by atoms with Crippen molar-refractivity contribution in [1.82, 2.24) is 10.3 Å². The molecule has 23 heavy (non-hydrogen) atoms. The van der Waals surface area contributed by atoms with Gasteiger partial charge in [-0.05, 0) is 23.6 Å². The van der Waals surface area contributed by atoms with Crippen LogP contribution < -0.4 is 11.1 Å². The third-order valence-corrected chi connectivity index (χ3v) is 4.76. The van der Waals surface area contributed by atoms with Gasteiger partial charge in [0.25, 0.3) is 0 Å². The number of aromatic nitrogens is 1. The van der Waals surface area contributed by atoms with Crippen LogP contribution in [0.5, 0.6) is 0 Å². The van der Waals surface area contributed by atoms with Gasteiger partial charge in [-0.3, -0.25) is 0 Å². The summed E-state index contributed by atoms with van der Waals surface area (Å²) >= 11 is 0. The first-order valence-corrected chi connectivity index (χ1v) is 7.79. The first kappa shape index (κ1) is 12.5. The van der Waals surface area contributed by atoms with Crippen LogP contribution in [0.2, 0.25) is 0 Å². The molecule has 5 rings (SSSR count). The highest BCUT2D eigenvalue weighted by Gasteiger charge is 2.32. The number of aliphatic imine (C=N–C) groups is 1. The Morgan fingerprint density at radius 1 is 1.04 bits per heavy atom. The third-order valence-electron chi connectivity index (χ3n) is 4.76. The van der Waals surface area contributed by atoms with Gasteiger partial charge in [0.05, 0.1) is 5.70 Å². The second kappa shape index (κ2) is 4.49. The van der Waals surface area contributed by atoms with Crippen molar-refractivity contribution < 1.29 is 0 Å². The molecule has 1 aliphatic carbocycles. The van der Waals surface area contributed by atoms with Crippen LogP contribution in [0.1, 0.15) is 22.7 Å². The summed E-state index contributed by atoms with van der Waals surface area (Å²) in [6, 6.07) is 16.8. The van der Waals surface area contributed by atoms with Crippen molar-refractivity contribution in [2.24, 2.45) is 10.7 Å². The van der Waals surface area contributed by atoms with E-state index >= 15 is 0 Å². The number of nitrogens with two attached hydrogens (primary N) is 1. The van der Waals surface area contributed by atoms with Gasteiger partial charge in [-0.25, -0.2) is 4.99 Å². The highest BCUT2D eigenvalue weighted by Crippen LogP contribution is 2.43. The maximum atomic E-state index is 6.08. The van der Waals surface area contributed by atoms with Gasteiger partial charge < -0.3 is 16.0 Å². The number of nitrogens with zero attached hydrogens (tertiary/aromatic N) is 1. The number of nitrogens with one attached hydrogen (secondary N) is 2. The minimum atomic E-state index is -0.0326. The van der Waals surface area contributed by atoms with Crippen LogP contribution in [0.3, 0.4) is 0 Å². The fourth-order valence-corrected chi connectivity index (χ4v) is 3.72. The Morgan fingerprint density at radius 3 is 2.83 bits per heavy atom. The molecule has 1 aromatic heterocycles. The quantitative estimate of drug-likeness (QED) is 0.646. The second-order valence-electron chi connectivity index (χ2n) is 6.07. The van der Waals surface area contributed by atoms with Crippen LogP contribution in [0.15, 0.2) is 65.3 Å². The van der Waals surface area contributed by atoms with Crippen LogP contribution in [0, 0.1) is 0 Å². The summed E-state index contributed by atoms with van der Waals surface area (Å²) < 4.78 is 0. The highest BCUT2D eigenvalue weighted by molar-refractivity contribution is 5.95. The number of rotatable bonds is 1. The summed E-state index contributed by atoms with van der Waals surface area (Å²) in [7, 11) is 0. The number of hydrogen-bond acceptors (Lipinski definition) is 3. The molecule has 4 heteroatoms. The van der Waals surface area contributed by atoms with Crippen LogP contribution in [-0.2, 0) is 6.42 Å². The van der Waals surface area contributed by atoms with Crippen molar-refractivity contribution >= 4 is 22.6 Å². The lowest BCUT2D eigenvalue weighted by Gasteiger charge is -2.23. The van der Waals surface area contributed by atoms with E-state index in [-0.39, 0.29) is 6.04 Å². The molecule has 4 nitrogen and oxygen atoms in total. The van der Waals surface area contributed by atoms with Crippen molar-refractivity contribution in [2.75, 3.05) is 0 Å². The van der Waals surface area contributed by atoms with Gasteiger partial charge in [0.15, 0.2) is 5.96 Å². The zero-order valence-corrected chi connectivity index (χ0v) is 12.5. The van der Waals surface area contributed by atoms with Crippen molar-refractivity contribution in [2.45, 2.75) is 12.5 Å². The molecule has 0 saturated heterocycles. The molecule has 0 radical (unpaired) electrons. The molecule has 4 N–H and O–H groups in total. The Balaban J connectivity index is 1.70. The van der Waals surface area contributed by atoms with E-state index in [1.807, 2.05) is 6.07 Å². The van der Waals surface area contributed by atoms with E-state index < -0.39 is 0 Å². The van der Waals surface area contributed by atoms with Gasteiger partial charge in [-0.2, -0.15) is 0 Å². The summed E-state index contributed by atoms with van der Waals surface area (Å²) in [6.45, 7) is 0. The van der Waals surface area contributed by atoms with Gasteiger partial charge in [0.2, 0.25) is 0 Å². The van der Waals surface area contributed by atoms with Crippen molar-refractivity contribution in [3.63, 3.8) is 0 Å². The lowest BCUT2D eigenvalue weighted by Crippen LogP contribution is -2.34. The Labute approximate surface area is 133 Å². The maximum Gasteiger partial charge on any atom is 0.194 e. The molecule has 0 amide bonds. The molecule has 3 aromatic rings. The van der Waals surface area contributed by atoms with Crippen LogP contribution in [0.4, 0.5) is 0 Å². The molecule has 0 bridgehead atoms. The topological polar surface area (TPSA) is 66.2 Å². The molecular formula is C19H16N4. The summed E-state index contributed by atoms with van der Waals surface area (Å²) in [5.74, 6) is 0.482. The molecule has 1 unspecified atom stereocenters. The minimum absolute atomic E-state index is 0.0326. The Morgan fingerprint density at radius 2 is 1.87 bits per heavy atom. The fraction of sp³-hybridized carbons (Fsp3) is 0.105. The van der Waals surface area contributed by atoms with Crippen LogP contribution >= 0.6 is 0 Å². The van der Waals surface area contributed by atoms with Crippen LogP contribution in [-0.4, -0.2) is 10.9 Å². The maximum absolute atomic E-state index is 6.08. The molecule has 2 aromatic carbocycles. The smallest absolute Gasteiger partial charge is 0.194 e. The molecular weight excluding hydrogens is 284 g/mol. The van der Waals surface area contributed by atoms with Gasteiger partial charge in [-0.15, -0.1) is 0 Å². The predicted molar refractivity (Wildman–Crippen MR) is 92.9 cm³/mol. The SMILES string of the molecule is NC1=NC(c2c[nH]c3ccccc23)C2=C(N1)c1ccccc1C2. The van der Waals surface area contributed by atoms with Gasteiger partial charge in [0, 0.05) is 28.2 Å². The van der Waals surface area contributed by atoms with Gasteiger partial charge >= 0.3 is 0 Å². The van der Waals surface area contributed by atoms with E-state index in [0.717, 1.165) is 17.6 Å². The number of guanidine groups is 1.